The average Bonchev–Trinajstić information content (AvgIpc) is 2.90. The molecule has 35 heavy (non-hydrogen) atoms. The maximum absolute atomic E-state index is 12.2. The number of anilines is 2. The predicted molar refractivity (Wildman–Crippen MR) is 141 cm³/mol. The highest BCUT2D eigenvalue weighted by Gasteiger charge is 2.27. The second kappa shape index (κ2) is 9.80. The van der Waals surface area contributed by atoms with E-state index in [0.29, 0.717) is 18.7 Å². The van der Waals surface area contributed by atoms with Crippen molar-refractivity contribution in [3.8, 4) is 5.75 Å². The lowest BCUT2D eigenvalue weighted by Crippen LogP contribution is -2.44. The first-order valence-corrected chi connectivity index (χ1v) is 12.0. The van der Waals surface area contributed by atoms with Crippen molar-refractivity contribution in [2.24, 2.45) is 0 Å². The van der Waals surface area contributed by atoms with Crippen LogP contribution >= 0.6 is 0 Å². The lowest BCUT2D eigenvalue weighted by Gasteiger charge is -2.37. The van der Waals surface area contributed by atoms with Crippen molar-refractivity contribution in [1.82, 2.24) is 5.32 Å². The molecule has 0 fully saturated rings. The van der Waals surface area contributed by atoms with Crippen molar-refractivity contribution < 1.29 is 14.3 Å². The number of rotatable bonds is 6. The summed E-state index contributed by atoms with van der Waals surface area (Å²) in [6.07, 6.45) is -0.0654. The minimum absolute atomic E-state index is 0.0654. The summed E-state index contributed by atoms with van der Waals surface area (Å²) in [6, 6.07) is 29.0. The molecule has 0 aromatic heterocycles. The Balaban J connectivity index is 1.39. The summed E-state index contributed by atoms with van der Waals surface area (Å²) in [5.41, 5.74) is 4.77. The summed E-state index contributed by atoms with van der Waals surface area (Å²) in [4.78, 5) is 14.5. The molecule has 0 bridgehead atoms. The van der Waals surface area contributed by atoms with Crippen LogP contribution in [0.4, 0.5) is 11.4 Å². The van der Waals surface area contributed by atoms with Gasteiger partial charge in [-0.15, -0.1) is 0 Å². The number of fused-ring (bicyclic) bond motifs is 2. The molecular weight excluding hydrogens is 436 g/mol. The van der Waals surface area contributed by atoms with Crippen molar-refractivity contribution in [3.05, 3.63) is 102 Å². The monoisotopic (exact) mass is 466 g/mol. The van der Waals surface area contributed by atoms with Crippen LogP contribution in [0.1, 0.15) is 34.5 Å². The van der Waals surface area contributed by atoms with Gasteiger partial charge in [-0.05, 0) is 66.1 Å². The van der Waals surface area contributed by atoms with Gasteiger partial charge in [0.1, 0.15) is 11.9 Å². The largest absolute Gasteiger partial charge is 0.485 e. The summed E-state index contributed by atoms with van der Waals surface area (Å²) in [6.45, 7) is 5.54. The maximum Gasteiger partial charge on any atom is 0.337 e. The molecule has 2 atom stereocenters. The zero-order valence-corrected chi connectivity index (χ0v) is 20.3. The van der Waals surface area contributed by atoms with E-state index in [1.807, 2.05) is 37.3 Å². The van der Waals surface area contributed by atoms with E-state index in [9.17, 15) is 4.79 Å². The third-order valence-corrected chi connectivity index (χ3v) is 6.57. The maximum atomic E-state index is 12.2. The molecule has 0 spiro atoms. The van der Waals surface area contributed by atoms with E-state index in [0.717, 1.165) is 22.7 Å². The predicted octanol–water partition coefficient (Wildman–Crippen LogP) is 6.18. The van der Waals surface area contributed by atoms with Crippen LogP contribution in [0, 0.1) is 6.92 Å². The molecule has 1 N–H and O–H groups in total. The molecular formula is C30H30N2O3. The number of para-hydroxylation sites is 2. The number of methoxy groups -OCH3 is 1. The summed E-state index contributed by atoms with van der Waals surface area (Å²) < 4.78 is 11.4. The molecule has 4 aromatic carbocycles. The van der Waals surface area contributed by atoms with Gasteiger partial charge in [0.2, 0.25) is 0 Å². The molecule has 1 aliphatic heterocycles. The van der Waals surface area contributed by atoms with Crippen LogP contribution in [-0.2, 0) is 4.74 Å². The Morgan fingerprint density at radius 3 is 2.69 bits per heavy atom. The summed E-state index contributed by atoms with van der Waals surface area (Å²) in [7, 11) is 1.41. The summed E-state index contributed by atoms with van der Waals surface area (Å²) in [5, 5.41) is 6.20. The van der Waals surface area contributed by atoms with Crippen LogP contribution < -0.4 is 15.0 Å². The molecule has 0 saturated heterocycles. The van der Waals surface area contributed by atoms with Gasteiger partial charge >= 0.3 is 5.97 Å². The molecule has 0 aliphatic carbocycles. The molecule has 0 amide bonds. The Bertz CT molecular complexity index is 1360. The molecule has 1 heterocycles. The normalized spacial score (nSPS) is 15.9. The zero-order valence-electron chi connectivity index (χ0n) is 20.3. The minimum atomic E-state index is -0.335. The van der Waals surface area contributed by atoms with Gasteiger partial charge in [-0.1, -0.05) is 54.6 Å². The minimum Gasteiger partial charge on any atom is -0.485 e. The highest BCUT2D eigenvalue weighted by atomic mass is 16.5. The third-order valence-electron chi connectivity index (χ3n) is 6.57. The number of nitrogens with one attached hydrogen (secondary N) is 1. The highest BCUT2D eigenvalue weighted by molar-refractivity contribution is 5.91. The fraction of sp³-hybridized carbons (Fsp3) is 0.233. The van der Waals surface area contributed by atoms with E-state index in [4.69, 9.17) is 9.47 Å². The molecule has 0 saturated carbocycles. The van der Waals surface area contributed by atoms with E-state index >= 15 is 0 Å². The van der Waals surface area contributed by atoms with Crippen molar-refractivity contribution in [3.63, 3.8) is 0 Å². The van der Waals surface area contributed by atoms with Crippen LogP contribution in [-0.4, -0.2) is 32.3 Å². The van der Waals surface area contributed by atoms with Gasteiger partial charge in [-0.2, -0.15) is 0 Å². The SMILES string of the molecule is COC(=O)c1cc(C)cc(N2CC(CN[C@H](C)c3cccc4ccccc34)Oc3ccccc32)c1. The molecule has 1 unspecified atom stereocenters. The first-order valence-electron chi connectivity index (χ1n) is 12.0. The number of carbonyl (C=O) groups is 1. The van der Waals surface area contributed by atoms with Crippen molar-refractivity contribution in [1.29, 1.82) is 0 Å². The van der Waals surface area contributed by atoms with Crippen molar-refractivity contribution >= 4 is 28.1 Å². The Morgan fingerprint density at radius 1 is 1.06 bits per heavy atom. The van der Waals surface area contributed by atoms with E-state index in [1.165, 1.54) is 23.4 Å². The van der Waals surface area contributed by atoms with Gasteiger partial charge in [0.15, 0.2) is 0 Å². The lowest BCUT2D eigenvalue weighted by atomic mass is 9.99. The van der Waals surface area contributed by atoms with Gasteiger partial charge in [-0.3, -0.25) is 0 Å². The molecule has 1 aliphatic rings. The molecule has 0 radical (unpaired) electrons. The van der Waals surface area contributed by atoms with Crippen LogP contribution in [0.25, 0.3) is 10.8 Å². The fourth-order valence-corrected chi connectivity index (χ4v) is 4.85. The number of ether oxygens (including phenoxy) is 2. The Morgan fingerprint density at radius 2 is 1.83 bits per heavy atom. The van der Waals surface area contributed by atoms with E-state index in [2.05, 4.69) is 71.7 Å². The lowest BCUT2D eigenvalue weighted by molar-refractivity contribution is 0.0600. The van der Waals surface area contributed by atoms with Crippen molar-refractivity contribution in [2.45, 2.75) is 26.0 Å². The van der Waals surface area contributed by atoms with Crippen LogP contribution in [0.5, 0.6) is 5.75 Å². The number of aryl methyl sites for hydroxylation is 1. The summed E-state index contributed by atoms with van der Waals surface area (Å²) >= 11 is 0. The smallest absolute Gasteiger partial charge is 0.337 e. The quantitative estimate of drug-likeness (QED) is 0.344. The van der Waals surface area contributed by atoms with Crippen LogP contribution in [0.3, 0.4) is 0 Å². The number of benzene rings is 4. The Labute approximate surface area is 206 Å². The number of hydrogen-bond donors (Lipinski definition) is 1. The number of hydrogen-bond acceptors (Lipinski definition) is 5. The molecule has 5 heteroatoms. The molecule has 4 aromatic rings. The highest BCUT2D eigenvalue weighted by Crippen LogP contribution is 2.38. The van der Waals surface area contributed by atoms with Crippen LogP contribution in [0.2, 0.25) is 0 Å². The standard InChI is InChI=1S/C30H30N2O3/c1-20-15-23(30(33)34-3)17-24(16-20)32-19-25(35-29-14-7-6-13-28(29)32)18-31-21(2)26-12-8-10-22-9-4-5-11-27(22)26/h4-17,21,25,31H,18-19H2,1-3H3/t21-,25?/m1/s1. The fourth-order valence-electron chi connectivity index (χ4n) is 4.85. The van der Waals surface area contributed by atoms with E-state index < -0.39 is 0 Å². The molecule has 5 rings (SSSR count). The second-order valence-electron chi connectivity index (χ2n) is 9.07. The Kier molecular flexibility index (Phi) is 6.43. The van der Waals surface area contributed by atoms with E-state index in [1.54, 1.807) is 0 Å². The summed E-state index contributed by atoms with van der Waals surface area (Å²) in [5.74, 6) is 0.503. The average molecular weight is 467 g/mol. The molecule has 5 nitrogen and oxygen atoms in total. The van der Waals surface area contributed by atoms with Gasteiger partial charge in [0.05, 0.1) is 24.9 Å². The second-order valence-corrected chi connectivity index (χ2v) is 9.07. The first-order chi connectivity index (χ1) is 17.0. The topological polar surface area (TPSA) is 50.8 Å². The van der Waals surface area contributed by atoms with Gasteiger partial charge in [0, 0.05) is 18.3 Å². The van der Waals surface area contributed by atoms with Gasteiger partial charge in [0.25, 0.3) is 0 Å². The number of carbonyl (C=O) groups excluding carboxylic acids is 1. The Hall–Kier alpha value is -3.83. The zero-order chi connectivity index (χ0) is 24.4. The van der Waals surface area contributed by atoms with Gasteiger partial charge in [-0.25, -0.2) is 4.79 Å². The number of nitrogens with zero attached hydrogens (tertiary/aromatic N) is 1. The van der Waals surface area contributed by atoms with E-state index in [-0.39, 0.29) is 18.1 Å². The first kappa shape index (κ1) is 22.9. The third kappa shape index (κ3) is 4.73. The van der Waals surface area contributed by atoms with Crippen molar-refractivity contribution in [2.75, 3.05) is 25.1 Å². The van der Waals surface area contributed by atoms with Crippen LogP contribution in [0.15, 0.2) is 84.9 Å². The van der Waals surface area contributed by atoms with Gasteiger partial charge < -0.3 is 19.7 Å². The number of esters is 1. The molecule has 178 valence electrons.